The van der Waals surface area contributed by atoms with Crippen molar-refractivity contribution in [3.63, 3.8) is 0 Å². The van der Waals surface area contributed by atoms with Crippen LogP contribution in [0.4, 0.5) is 0 Å². The summed E-state index contributed by atoms with van der Waals surface area (Å²) in [7, 11) is 0. The van der Waals surface area contributed by atoms with Crippen molar-refractivity contribution in [1.29, 1.82) is 0 Å². The monoisotopic (exact) mass is 251 g/mol. The molecule has 29 valence electrons. The van der Waals surface area contributed by atoms with Gasteiger partial charge in [0.05, 0.1) is 0 Å². The van der Waals surface area contributed by atoms with Gasteiger partial charge in [-0.25, -0.2) is 0 Å². The van der Waals surface area contributed by atoms with Crippen molar-refractivity contribution in [3.8, 4) is 0 Å². The second-order valence-corrected chi connectivity index (χ2v) is 0. The molecule has 0 amide bonds. The molecule has 0 fully saturated rings. The van der Waals surface area contributed by atoms with E-state index in [9.17, 15) is 0 Å². The van der Waals surface area contributed by atoms with Gasteiger partial charge in [0.1, 0.15) is 0 Å². The summed E-state index contributed by atoms with van der Waals surface area (Å²) in [4.78, 5) is 0. The van der Waals surface area contributed by atoms with Crippen LogP contribution in [-0.2, 0) is 53.6 Å². The summed E-state index contributed by atoms with van der Waals surface area (Å²) in [5.74, 6) is 0. The van der Waals surface area contributed by atoms with E-state index in [1.54, 1.807) is 0 Å². The first-order chi connectivity index (χ1) is 0. The molecule has 0 heterocycles. The average Bonchev–Trinajstić information content (AvgIpc) is 0. The van der Waals surface area contributed by atoms with Gasteiger partial charge in [-0.3, -0.25) is 0 Å². The third kappa shape index (κ3) is 18.3. The smallest absolute Gasteiger partial charge is 0 e. The molecule has 5 heteroatoms. The molecule has 0 aromatic carbocycles. The van der Waals surface area contributed by atoms with Gasteiger partial charge in [0.25, 0.3) is 0 Å². The third-order valence-corrected chi connectivity index (χ3v) is 0. The molecule has 0 aliphatic carbocycles. The topological polar surface area (TPSA) is 0 Å². The van der Waals surface area contributed by atoms with E-state index in [0.29, 0.717) is 0 Å². The van der Waals surface area contributed by atoms with Gasteiger partial charge in [-0.05, 0) is 0 Å². The van der Waals surface area contributed by atoms with Crippen molar-refractivity contribution in [1.82, 2.24) is 0 Å². The Bertz CT molecular complexity index is 11.6. The van der Waals surface area contributed by atoms with Gasteiger partial charge in [0, 0.05) is 53.6 Å². The molecular weight excluding hydrogens is 249 g/mol. The van der Waals surface area contributed by atoms with Crippen LogP contribution in [0, 0.1) is 0 Å². The summed E-state index contributed by atoms with van der Waals surface area (Å²) in [6.07, 6.45) is 0. The second kappa shape index (κ2) is 25.3. The summed E-state index contributed by atoms with van der Waals surface area (Å²) in [6.45, 7) is 0. The van der Waals surface area contributed by atoms with Gasteiger partial charge >= 0.3 is 60.8 Å². The molecule has 0 bridgehead atoms. The first-order valence-electron chi connectivity index (χ1n) is 0. The van der Waals surface area contributed by atoms with Gasteiger partial charge in [0.15, 0.2) is 0 Å². The molecule has 5 heavy (non-hydrogen) atoms. The van der Waals surface area contributed by atoms with Crippen molar-refractivity contribution in [2.45, 2.75) is 0 Å². The van der Waals surface area contributed by atoms with E-state index in [-0.39, 0.29) is 114 Å². The zero-order valence-electron chi connectivity index (χ0n) is 1.36. The summed E-state index contributed by atoms with van der Waals surface area (Å²) >= 11 is 0. The molecule has 0 spiro atoms. The zero-order valence-corrected chi connectivity index (χ0v) is 6.38. The van der Waals surface area contributed by atoms with E-state index in [4.69, 9.17) is 0 Å². The van der Waals surface area contributed by atoms with Crippen LogP contribution in [0.1, 0.15) is 0 Å². The maximum Gasteiger partial charge on any atom is 0.316 e. The summed E-state index contributed by atoms with van der Waals surface area (Å²) in [6, 6.07) is 0. The summed E-state index contributed by atoms with van der Waals surface area (Å²) in [5.41, 5.74) is 0. The van der Waals surface area contributed by atoms with Crippen LogP contribution in [0.25, 0.3) is 0 Å². The second-order valence-electron chi connectivity index (χ2n) is 0. The van der Waals surface area contributed by atoms with E-state index in [2.05, 4.69) is 0 Å². The van der Waals surface area contributed by atoms with Crippen molar-refractivity contribution >= 4 is 60.8 Å². The van der Waals surface area contributed by atoms with E-state index in [1.807, 2.05) is 0 Å². The number of hydrogen-bond acceptors (Lipinski definition) is 0. The molecule has 0 saturated carbocycles. The van der Waals surface area contributed by atoms with Crippen molar-refractivity contribution in [2.24, 2.45) is 0 Å². The predicted octanol–water partition coefficient (Wildman–Crippen LogP) is -1.84. The largest absolute Gasteiger partial charge is 0.316 e. The minimum Gasteiger partial charge on any atom is 0 e. The zero-order chi connectivity index (χ0) is 0. The first kappa shape index (κ1) is 37.8. The number of hydrogen-bond donors (Lipinski definition) is 0. The quantitative estimate of drug-likeness (QED) is 0.445. The van der Waals surface area contributed by atoms with E-state index < -0.39 is 0 Å². The molecule has 0 aromatic rings. The molecule has 0 aliphatic heterocycles. The Labute approximate surface area is 112 Å². The van der Waals surface area contributed by atoms with Gasteiger partial charge in [-0.15, -0.1) is 0 Å². The predicted molar refractivity (Wildman–Crippen MR) is 17.1 cm³/mol. The van der Waals surface area contributed by atoms with E-state index in [0.717, 1.165) is 0 Å². The Kier molecular flexibility index (Phi) is 191. The van der Waals surface area contributed by atoms with Crippen molar-refractivity contribution in [3.05, 3.63) is 0 Å². The van der Waals surface area contributed by atoms with Crippen LogP contribution in [0.15, 0.2) is 0 Å². The van der Waals surface area contributed by atoms with E-state index in [1.165, 1.54) is 0 Å². The third-order valence-electron chi connectivity index (χ3n) is 0. The van der Waals surface area contributed by atoms with Gasteiger partial charge in [-0.1, -0.05) is 0 Å². The first-order valence-corrected chi connectivity index (χ1v) is 0. The summed E-state index contributed by atoms with van der Waals surface area (Å²) < 4.78 is 0. The Morgan fingerprint density at radius 1 is 1.00 bits per heavy atom. The van der Waals surface area contributed by atoms with Crippen LogP contribution in [0.5, 0.6) is 0 Å². The Hall–Kier alpha value is 3.69. The normalized spacial score (nSPS) is 0. The molecule has 0 aliphatic rings. The maximum atomic E-state index is 0. The van der Waals surface area contributed by atoms with E-state index >= 15 is 0 Å². The summed E-state index contributed by atoms with van der Waals surface area (Å²) in [5, 5.41) is 0. The molecule has 0 rings (SSSR count). The van der Waals surface area contributed by atoms with Crippen LogP contribution < -0.4 is 0 Å². The van der Waals surface area contributed by atoms with Crippen molar-refractivity contribution in [2.75, 3.05) is 0 Å². The fourth-order valence-corrected chi connectivity index (χ4v) is 0. The molecule has 0 atom stereocenters. The van der Waals surface area contributed by atoms with Crippen LogP contribution in [-0.4, -0.2) is 60.8 Å². The van der Waals surface area contributed by atoms with Crippen LogP contribution >= 0.6 is 0 Å². The average molecular weight is 253 g/mol. The van der Waals surface area contributed by atoms with Crippen molar-refractivity contribution < 1.29 is 53.6 Å². The standard InChI is InChI=1S/Ca.Cu.Fe.Mg.Zn.4H. The molecule has 0 nitrogen and oxygen atoms in total. The molecule has 0 aromatic heterocycles. The molecule has 0 saturated heterocycles. The van der Waals surface area contributed by atoms with Gasteiger partial charge in [0.2, 0.25) is 0 Å². The SMILES string of the molecule is [CaH2].[Cu].[Fe].[MgH2].[Zn]. The minimum atomic E-state index is 0. The Morgan fingerprint density at radius 3 is 1.00 bits per heavy atom. The molecule has 0 N–H and O–H groups in total. The minimum absolute atomic E-state index is 0. The Morgan fingerprint density at radius 2 is 1.00 bits per heavy atom. The molecular formula is H4CaCuFeMgZn. The van der Waals surface area contributed by atoms with Crippen LogP contribution in [0.3, 0.4) is 0 Å². The number of rotatable bonds is 0. The molecule has 0 unspecified atom stereocenters. The van der Waals surface area contributed by atoms with Gasteiger partial charge < -0.3 is 0 Å². The van der Waals surface area contributed by atoms with Gasteiger partial charge in [-0.2, -0.15) is 0 Å². The fraction of sp³-hybridized carbons (Fsp3) is 0. The molecule has 1 radical (unpaired) electrons. The Balaban J connectivity index is 0. The van der Waals surface area contributed by atoms with Crippen LogP contribution in [0.2, 0.25) is 0 Å². The maximum absolute atomic E-state index is 0. The fourth-order valence-electron chi connectivity index (χ4n) is 0.